The van der Waals surface area contributed by atoms with Gasteiger partial charge in [0.25, 0.3) is 0 Å². The maximum absolute atomic E-state index is 13.2. The number of halogens is 2. The summed E-state index contributed by atoms with van der Waals surface area (Å²) in [6.07, 6.45) is 0. The fraction of sp³-hybridized carbons (Fsp3) is 0.231. The third-order valence-electron chi connectivity index (χ3n) is 2.81. The molecule has 7 heteroatoms. The van der Waals surface area contributed by atoms with Gasteiger partial charge in [0, 0.05) is 10.9 Å². The number of benzene rings is 1. The molecule has 1 atom stereocenters. The largest absolute Gasteiger partial charge is 0.242 e. The molecule has 0 radical (unpaired) electrons. The van der Waals surface area contributed by atoms with Gasteiger partial charge in [0.1, 0.15) is 5.82 Å². The van der Waals surface area contributed by atoms with E-state index in [1.54, 1.807) is 32.0 Å². The first-order valence-electron chi connectivity index (χ1n) is 5.83. The fourth-order valence-corrected chi connectivity index (χ4v) is 5.48. The van der Waals surface area contributed by atoms with E-state index in [4.69, 9.17) is 0 Å². The van der Waals surface area contributed by atoms with E-state index in [2.05, 4.69) is 20.7 Å². The molecule has 0 saturated carbocycles. The predicted molar refractivity (Wildman–Crippen MR) is 81.9 cm³/mol. The summed E-state index contributed by atoms with van der Waals surface area (Å²) < 4.78 is 41.1. The third kappa shape index (κ3) is 3.46. The Hall–Kier alpha value is -0.760. The van der Waals surface area contributed by atoms with Gasteiger partial charge in [0.2, 0.25) is 10.0 Å². The lowest BCUT2D eigenvalue weighted by molar-refractivity contribution is 0.564. The van der Waals surface area contributed by atoms with Gasteiger partial charge < -0.3 is 0 Å². The SMILES string of the molecule is Cc1sc(Br)cc1S(=O)(=O)NC(C)c1cccc(F)c1. The maximum Gasteiger partial charge on any atom is 0.242 e. The quantitative estimate of drug-likeness (QED) is 0.874. The van der Waals surface area contributed by atoms with Gasteiger partial charge in [0.15, 0.2) is 0 Å². The van der Waals surface area contributed by atoms with Crippen LogP contribution in [0.25, 0.3) is 0 Å². The van der Waals surface area contributed by atoms with Gasteiger partial charge in [-0.05, 0) is 53.5 Å². The Morgan fingerprint density at radius 3 is 2.60 bits per heavy atom. The molecule has 20 heavy (non-hydrogen) atoms. The van der Waals surface area contributed by atoms with Crippen LogP contribution in [-0.4, -0.2) is 8.42 Å². The summed E-state index contributed by atoms with van der Waals surface area (Å²) >= 11 is 4.63. The molecule has 0 spiro atoms. The Kier molecular flexibility index (Phi) is 4.63. The number of rotatable bonds is 4. The van der Waals surface area contributed by atoms with E-state index in [9.17, 15) is 12.8 Å². The van der Waals surface area contributed by atoms with Crippen LogP contribution in [0.1, 0.15) is 23.4 Å². The minimum absolute atomic E-state index is 0.248. The first-order valence-corrected chi connectivity index (χ1v) is 8.92. The lowest BCUT2D eigenvalue weighted by Gasteiger charge is -2.14. The zero-order valence-electron chi connectivity index (χ0n) is 10.9. The van der Waals surface area contributed by atoms with Crippen LogP contribution in [0.4, 0.5) is 4.39 Å². The van der Waals surface area contributed by atoms with E-state index >= 15 is 0 Å². The van der Waals surface area contributed by atoms with Crippen molar-refractivity contribution in [3.05, 3.63) is 50.4 Å². The molecule has 0 amide bonds. The number of nitrogens with one attached hydrogen (secondary N) is 1. The Bertz CT molecular complexity index is 728. The van der Waals surface area contributed by atoms with Crippen molar-refractivity contribution in [2.75, 3.05) is 0 Å². The Labute approximate surface area is 130 Å². The van der Waals surface area contributed by atoms with Crippen molar-refractivity contribution in [1.82, 2.24) is 4.72 Å². The number of thiophene rings is 1. The molecule has 0 aliphatic rings. The van der Waals surface area contributed by atoms with E-state index in [0.29, 0.717) is 10.4 Å². The van der Waals surface area contributed by atoms with Gasteiger partial charge in [-0.3, -0.25) is 0 Å². The highest BCUT2D eigenvalue weighted by Gasteiger charge is 2.22. The smallest absolute Gasteiger partial charge is 0.207 e. The molecule has 1 heterocycles. The van der Waals surface area contributed by atoms with Gasteiger partial charge in [-0.25, -0.2) is 17.5 Å². The first kappa shape index (κ1) is 15.6. The number of aryl methyl sites for hydroxylation is 1. The summed E-state index contributed by atoms with van der Waals surface area (Å²) in [7, 11) is -3.62. The molecule has 0 fully saturated rings. The lowest BCUT2D eigenvalue weighted by atomic mass is 10.1. The minimum atomic E-state index is -3.62. The summed E-state index contributed by atoms with van der Waals surface area (Å²) in [5.74, 6) is -0.386. The van der Waals surface area contributed by atoms with Gasteiger partial charge in [-0.1, -0.05) is 12.1 Å². The van der Waals surface area contributed by atoms with E-state index in [1.165, 1.54) is 23.5 Å². The zero-order chi connectivity index (χ0) is 14.9. The standard InChI is InChI=1S/C13H13BrFNO2S2/c1-8(10-4-3-5-11(15)6-10)16-20(17,18)12-7-13(14)19-9(12)2/h3-8,16H,1-2H3. The molecule has 1 unspecified atom stereocenters. The lowest BCUT2D eigenvalue weighted by Crippen LogP contribution is -2.27. The highest BCUT2D eigenvalue weighted by Crippen LogP contribution is 2.30. The summed E-state index contributed by atoms with van der Waals surface area (Å²) in [6, 6.07) is 6.96. The normalized spacial score (nSPS) is 13.4. The van der Waals surface area contributed by atoms with Gasteiger partial charge in [-0.2, -0.15) is 0 Å². The summed E-state index contributed by atoms with van der Waals surface area (Å²) in [5, 5.41) is 0. The van der Waals surface area contributed by atoms with Crippen LogP contribution in [0.2, 0.25) is 0 Å². The van der Waals surface area contributed by atoms with Crippen LogP contribution < -0.4 is 4.72 Å². The second-order valence-electron chi connectivity index (χ2n) is 4.37. The van der Waals surface area contributed by atoms with E-state index < -0.39 is 16.1 Å². The van der Waals surface area contributed by atoms with Crippen molar-refractivity contribution >= 4 is 37.3 Å². The molecule has 0 saturated heterocycles. The van der Waals surface area contributed by atoms with Crippen molar-refractivity contribution in [1.29, 1.82) is 0 Å². The van der Waals surface area contributed by atoms with Crippen LogP contribution in [0.15, 0.2) is 39.0 Å². The van der Waals surface area contributed by atoms with Crippen molar-refractivity contribution in [2.24, 2.45) is 0 Å². The number of hydrogen-bond acceptors (Lipinski definition) is 3. The van der Waals surface area contributed by atoms with Gasteiger partial charge in [-0.15, -0.1) is 11.3 Å². The second kappa shape index (κ2) is 5.93. The number of sulfonamides is 1. The minimum Gasteiger partial charge on any atom is -0.207 e. The molecule has 2 rings (SSSR count). The summed E-state index contributed by atoms with van der Waals surface area (Å²) in [5.41, 5.74) is 0.584. The number of hydrogen-bond donors (Lipinski definition) is 1. The molecule has 2 aromatic rings. The van der Waals surface area contributed by atoms with Crippen LogP contribution in [0.5, 0.6) is 0 Å². The molecule has 3 nitrogen and oxygen atoms in total. The molecule has 108 valence electrons. The monoisotopic (exact) mass is 377 g/mol. The zero-order valence-corrected chi connectivity index (χ0v) is 14.1. The third-order valence-corrected chi connectivity index (χ3v) is 6.16. The maximum atomic E-state index is 13.2. The summed E-state index contributed by atoms with van der Waals surface area (Å²) in [6.45, 7) is 3.43. The molecule has 0 bridgehead atoms. The van der Waals surface area contributed by atoms with Crippen LogP contribution in [0.3, 0.4) is 0 Å². The van der Waals surface area contributed by atoms with E-state index in [1.807, 2.05) is 0 Å². The molecular formula is C13H13BrFNO2S2. The summed E-state index contributed by atoms with van der Waals surface area (Å²) in [4.78, 5) is 0.952. The highest BCUT2D eigenvalue weighted by atomic mass is 79.9. The van der Waals surface area contributed by atoms with E-state index in [0.717, 1.165) is 3.79 Å². The van der Waals surface area contributed by atoms with Crippen LogP contribution in [0, 0.1) is 12.7 Å². The van der Waals surface area contributed by atoms with Gasteiger partial charge >= 0.3 is 0 Å². The van der Waals surface area contributed by atoms with Crippen molar-refractivity contribution < 1.29 is 12.8 Å². The van der Waals surface area contributed by atoms with E-state index in [-0.39, 0.29) is 10.7 Å². The van der Waals surface area contributed by atoms with Crippen LogP contribution in [-0.2, 0) is 10.0 Å². The Morgan fingerprint density at radius 1 is 1.35 bits per heavy atom. The Balaban J connectivity index is 2.27. The topological polar surface area (TPSA) is 46.2 Å². The second-order valence-corrected chi connectivity index (χ2v) is 8.69. The highest BCUT2D eigenvalue weighted by molar-refractivity contribution is 9.11. The average molecular weight is 378 g/mol. The molecule has 1 aromatic heterocycles. The van der Waals surface area contributed by atoms with Gasteiger partial charge in [0.05, 0.1) is 8.68 Å². The Morgan fingerprint density at radius 2 is 2.05 bits per heavy atom. The molecule has 0 aliphatic carbocycles. The van der Waals surface area contributed by atoms with Crippen LogP contribution >= 0.6 is 27.3 Å². The van der Waals surface area contributed by atoms with Crippen molar-refractivity contribution in [3.63, 3.8) is 0 Å². The molecular weight excluding hydrogens is 365 g/mol. The molecule has 0 aliphatic heterocycles. The van der Waals surface area contributed by atoms with Crippen molar-refractivity contribution in [2.45, 2.75) is 24.8 Å². The average Bonchev–Trinajstić information content (AvgIpc) is 2.69. The molecule has 1 N–H and O–H groups in total. The predicted octanol–water partition coefficient (Wildman–Crippen LogP) is 4.00. The first-order chi connectivity index (χ1) is 9.29. The molecule has 1 aromatic carbocycles. The fourth-order valence-electron chi connectivity index (χ4n) is 1.84. The van der Waals surface area contributed by atoms with Crippen molar-refractivity contribution in [3.8, 4) is 0 Å².